The Balaban J connectivity index is 1.65. The number of aromatic nitrogens is 3. The van der Waals surface area contributed by atoms with E-state index in [1.165, 1.54) is 25.7 Å². The van der Waals surface area contributed by atoms with E-state index in [-0.39, 0.29) is 0 Å². The van der Waals surface area contributed by atoms with Gasteiger partial charge in [-0.1, -0.05) is 26.3 Å². The van der Waals surface area contributed by atoms with E-state index in [2.05, 4.69) is 41.6 Å². The second kappa shape index (κ2) is 7.85. The van der Waals surface area contributed by atoms with E-state index < -0.39 is 0 Å². The summed E-state index contributed by atoms with van der Waals surface area (Å²) in [5, 5.41) is 15.3. The van der Waals surface area contributed by atoms with Crippen LogP contribution in [0, 0.1) is 11.3 Å². The molecule has 0 aliphatic heterocycles. The van der Waals surface area contributed by atoms with Crippen molar-refractivity contribution in [1.82, 2.24) is 25.2 Å². The van der Waals surface area contributed by atoms with Gasteiger partial charge in [0, 0.05) is 19.3 Å². The van der Waals surface area contributed by atoms with Gasteiger partial charge in [0.25, 0.3) is 0 Å². The lowest BCUT2D eigenvalue weighted by Crippen LogP contribution is -2.47. The smallest absolute Gasteiger partial charge is 0.191 e. The van der Waals surface area contributed by atoms with Crippen molar-refractivity contribution in [2.45, 2.75) is 53.0 Å². The summed E-state index contributed by atoms with van der Waals surface area (Å²) in [4.78, 5) is 4.72. The third-order valence-corrected chi connectivity index (χ3v) is 4.99. The maximum atomic E-state index is 4.72. The van der Waals surface area contributed by atoms with Gasteiger partial charge in [-0.3, -0.25) is 4.40 Å². The molecular weight excluding hydrogens is 312 g/mol. The minimum Gasteiger partial charge on any atom is -0.357 e. The van der Waals surface area contributed by atoms with Crippen LogP contribution in [0.25, 0.3) is 5.65 Å². The van der Waals surface area contributed by atoms with Crippen molar-refractivity contribution in [3.8, 4) is 0 Å². The summed E-state index contributed by atoms with van der Waals surface area (Å²) in [5.74, 6) is 2.46. The molecule has 0 bridgehead atoms. The molecule has 2 aromatic rings. The van der Waals surface area contributed by atoms with Crippen LogP contribution in [0.15, 0.2) is 29.4 Å². The Hall–Kier alpha value is -2.11. The molecule has 25 heavy (non-hydrogen) atoms. The monoisotopic (exact) mass is 342 g/mol. The standard InChI is InChI=1S/C19H30N6/c1-4-20-18(22-14-19(9-7-10-19)12-15(2)3)21-13-17-24-23-16-8-5-6-11-25(16)17/h5-6,8,11,15H,4,7,9-10,12-14H2,1-3H3,(H2,20,21,22). The molecule has 2 aromatic heterocycles. The fourth-order valence-corrected chi connectivity index (χ4v) is 3.76. The highest BCUT2D eigenvalue weighted by Crippen LogP contribution is 2.45. The van der Waals surface area contributed by atoms with Gasteiger partial charge in [0.05, 0.1) is 0 Å². The zero-order valence-corrected chi connectivity index (χ0v) is 15.6. The van der Waals surface area contributed by atoms with Crippen molar-refractivity contribution in [3.05, 3.63) is 30.2 Å². The normalized spacial score (nSPS) is 16.9. The Morgan fingerprint density at radius 2 is 2.12 bits per heavy atom. The van der Waals surface area contributed by atoms with Crippen LogP contribution in [-0.4, -0.2) is 33.6 Å². The lowest BCUT2D eigenvalue weighted by Gasteiger charge is -2.43. The van der Waals surface area contributed by atoms with Gasteiger partial charge in [0.2, 0.25) is 0 Å². The van der Waals surface area contributed by atoms with Crippen molar-refractivity contribution in [2.75, 3.05) is 13.1 Å². The first-order valence-corrected chi connectivity index (χ1v) is 9.43. The lowest BCUT2D eigenvalue weighted by atomic mass is 9.64. The Morgan fingerprint density at radius 1 is 1.28 bits per heavy atom. The third kappa shape index (κ3) is 4.30. The number of hydrogen-bond acceptors (Lipinski definition) is 3. The predicted octanol–water partition coefficient (Wildman–Crippen LogP) is 3.00. The van der Waals surface area contributed by atoms with Crippen LogP contribution in [0.3, 0.4) is 0 Å². The third-order valence-electron chi connectivity index (χ3n) is 4.99. The van der Waals surface area contributed by atoms with Crippen molar-refractivity contribution in [3.63, 3.8) is 0 Å². The largest absolute Gasteiger partial charge is 0.357 e. The van der Waals surface area contributed by atoms with E-state index in [4.69, 9.17) is 4.99 Å². The first-order valence-electron chi connectivity index (χ1n) is 9.43. The van der Waals surface area contributed by atoms with Crippen molar-refractivity contribution in [1.29, 1.82) is 0 Å². The number of hydrogen-bond donors (Lipinski definition) is 2. The van der Waals surface area contributed by atoms with Crippen molar-refractivity contribution in [2.24, 2.45) is 16.3 Å². The van der Waals surface area contributed by atoms with E-state index >= 15 is 0 Å². The zero-order chi connectivity index (χ0) is 17.7. The maximum absolute atomic E-state index is 4.72. The summed E-state index contributed by atoms with van der Waals surface area (Å²) in [7, 11) is 0. The highest BCUT2D eigenvalue weighted by atomic mass is 15.3. The van der Waals surface area contributed by atoms with Crippen LogP contribution >= 0.6 is 0 Å². The molecule has 0 unspecified atom stereocenters. The number of aliphatic imine (C=N–C) groups is 1. The van der Waals surface area contributed by atoms with Gasteiger partial charge in [-0.05, 0) is 49.7 Å². The molecule has 2 heterocycles. The predicted molar refractivity (Wildman–Crippen MR) is 102 cm³/mol. The molecule has 0 aromatic carbocycles. The molecule has 6 nitrogen and oxygen atoms in total. The summed E-state index contributed by atoms with van der Waals surface area (Å²) in [6, 6.07) is 5.91. The summed E-state index contributed by atoms with van der Waals surface area (Å²) in [6.07, 6.45) is 7.27. The Bertz CT molecular complexity index is 714. The summed E-state index contributed by atoms with van der Waals surface area (Å²) < 4.78 is 1.99. The van der Waals surface area contributed by atoms with E-state index in [1.54, 1.807) is 0 Å². The second-order valence-electron chi connectivity index (χ2n) is 7.55. The fraction of sp³-hybridized carbons (Fsp3) is 0.632. The minimum atomic E-state index is 0.450. The molecular formula is C19H30N6. The minimum absolute atomic E-state index is 0.450. The summed E-state index contributed by atoms with van der Waals surface area (Å²) >= 11 is 0. The molecule has 1 aliphatic rings. The zero-order valence-electron chi connectivity index (χ0n) is 15.6. The second-order valence-corrected chi connectivity index (χ2v) is 7.55. The van der Waals surface area contributed by atoms with Gasteiger partial charge in [-0.25, -0.2) is 4.99 Å². The average Bonchev–Trinajstić information content (AvgIpc) is 2.97. The maximum Gasteiger partial charge on any atom is 0.191 e. The number of guanidine groups is 1. The van der Waals surface area contributed by atoms with E-state index in [0.717, 1.165) is 36.4 Å². The van der Waals surface area contributed by atoms with E-state index in [9.17, 15) is 0 Å². The number of pyridine rings is 1. The number of nitrogens with one attached hydrogen (secondary N) is 2. The van der Waals surface area contributed by atoms with Gasteiger partial charge in [0.1, 0.15) is 6.54 Å². The number of nitrogens with zero attached hydrogens (tertiary/aromatic N) is 4. The Kier molecular flexibility index (Phi) is 5.56. The molecule has 1 fully saturated rings. The lowest BCUT2D eigenvalue weighted by molar-refractivity contribution is 0.104. The summed E-state index contributed by atoms with van der Waals surface area (Å²) in [6.45, 7) is 9.08. The van der Waals surface area contributed by atoms with Crippen LogP contribution in [-0.2, 0) is 6.54 Å². The molecule has 0 spiro atoms. The SMILES string of the molecule is CCNC(=NCc1nnc2ccccn12)NCC1(CC(C)C)CCC1. The van der Waals surface area contributed by atoms with Crippen LogP contribution in [0.5, 0.6) is 0 Å². The quantitative estimate of drug-likeness (QED) is 0.600. The molecule has 6 heteroatoms. The van der Waals surface area contributed by atoms with Crippen molar-refractivity contribution >= 4 is 11.6 Å². The molecule has 0 amide bonds. The van der Waals surface area contributed by atoms with Gasteiger partial charge in [-0.2, -0.15) is 0 Å². The van der Waals surface area contributed by atoms with Gasteiger partial charge in [-0.15, -0.1) is 10.2 Å². The molecule has 1 saturated carbocycles. The summed E-state index contributed by atoms with van der Waals surface area (Å²) in [5.41, 5.74) is 1.31. The Labute approximate surface area is 150 Å². The molecule has 0 radical (unpaired) electrons. The highest BCUT2D eigenvalue weighted by Gasteiger charge is 2.37. The van der Waals surface area contributed by atoms with E-state index in [0.29, 0.717) is 12.0 Å². The molecule has 3 rings (SSSR count). The first-order chi connectivity index (χ1) is 12.1. The fourth-order valence-electron chi connectivity index (χ4n) is 3.76. The van der Waals surface area contributed by atoms with Crippen LogP contribution in [0.2, 0.25) is 0 Å². The number of rotatable bonds is 7. The molecule has 1 aliphatic carbocycles. The molecule has 0 saturated heterocycles. The molecule has 136 valence electrons. The van der Waals surface area contributed by atoms with Gasteiger partial charge >= 0.3 is 0 Å². The highest BCUT2D eigenvalue weighted by molar-refractivity contribution is 5.79. The number of fused-ring (bicyclic) bond motifs is 1. The average molecular weight is 342 g/mol. The van der Waals surface area contributed by atoms with Crippen LogP contribution in [0.4, 0.5) is 0 Å². The topological polar surface area (TPSA) is 66.6 Å². The molecule has 0 atom stereocenters. The van der Waals surface area contributed by atoms with Gasteiger partial charge < -0.3 is 10.6 Å². The van der Waals surface area contributed by atoms with Crippen molar-refractivity contribution < 1.29 is 0 Å². The van der Waals surface area contributed by atoms with Crippen LogP contribution in [0.1, 0.15) is 52.3 Å². The Morgan fingerprint density at radius 3 is 2.80 bits per heavy atom. The van der Waals surface area contributed by atoms with Crippen LogP contribution < -0.4 is 10.6 Å². The van der Waals surface area contributed by atoms with Gasteiger partial charge in [0.15, 0.2) is 17.4 Å². The van der Waals surface area contributed by atoms with E-state index in [1.807, 2.05) is 28.8 Å². The first kappa shape index (κ1) is 17.7. The molecule has 2 N–H and O–H groups in total.